The van der Waals surface area contributed by atoms with Crippen LogP contribution in [-0.4, -0.2) is 12.2 Å². The molecular formula is C12H14O2. The van der Waals surface area contributed by atoms with Crippen molar-refractivity contribution in [2.75, 3.05) is 7.11 Å². The van der Waals surface area contributed by atoms with Crippen molar-refractivity contribution in [3.63, 3.8) is 0 Å². The monoisotopic (exact) mass is 190 g/mol. The summed E-state index contributed by atoms with van der Waals surface area (Å²) in [6.45, 7) is 2.06. The number of hydrogen-bond acceptors (Lipinski definition) is 2. The number of aliphatic hydroxyl groups is 1. The second-order valence-corrected chi connectivity index (χ2v) is 3.66. The second kappa shape index (κ2) is 3.46. The zero-order valence-electron chi connectivity index (χ0n) is 8.45. The van der Waals surface area contributed by atoms with E-state index in [2.05, 4.69) is 6.92 Å². The van der Waals surface area contributed by atoms with E-state index in [1.54, 1.807) is 7.11 Å². The summed E-state index contributed by atoms with van der Waals surface area (Å²) in [7, 11) is 1.64. The molecule has 1 atom stereocenters. The molecule has 1 aromatic carbocycles. The van der Waals surface area contributed by atoms with Gasteiger partial charge in [-0.05, 0) is 36.6 Å². The zero-order valence-corrected chi connectivity index (χ0v) is 8.45. The Labute approximate surface area is 83.8 Å². The highest BCUT2D eigenvalue weighted by Gasteiger charge is 2.25. The largest absolute Gasteiger partial charge is 0.497 e. The van der Waals surface area contributed by atoms with Gasteiger partial charge in [0.2, 0.25) is 0 Å². The summed E-state index contributed by atoms with van der Waals surface area (Å²) < 4.78 is 5.05. The molecule has 0 fully saturated rings. The molecule has 2 rings (SSSR count). The van der Waals surface area contributed by atoms with Crippen LogP contribution in [0.25, 0.3) is 0 Å². The second-order valence-electron chi connectivity index (χ2n) is 3.66. The SMILES string of the molecule is COc1ccc(C(O)C2=C(C)C2)cc1. The number of allylic oxidation sites excluding steroid dienone is 1. The Morgan fingerprint density at radius 2 is 1.86 bits per heavy atom. The first-order valence-corrected chi connectivity index (χ1v) is 4.73. The molecule has 74 valence electrons. The normalized spacial score (nSPS) is 16.8. The maximum Gasteiger partial charge on any atom is 0.118 e. The van der Waals surface area contributed by atoms with Crippen molar-refractivity contribution in [3.8, 4) is 5.75 Å². The van der Waals surface area contributed by atoms with Crippen LogP contribution < -0.4 is 4.74 Å². The van der Waals surface area contributed by atoms with E-state index in [0.717, 1.165) is 23.3 Å². The number of rotatable bonds is 3. The predicted molar refractivity (Wildman–Crippen MR) is 55.3 cm³/mol. The van der Waals surface area contributed by atoms with E-state index in [-0.39, 0.29) is 0 Å². The molecule has 0 amide bonds. The number of methoxy groups -OCH3 is 1. The highest BCUT2D eigenvalue weighted by Crippen LogP contribution is 2.40. The van der Waals surface area contributed by atoms with Gasteiger partial charge in [-0.15, -0.1) is 0 Å². The number of ether oxygens (including phenoxy) is 1. The lowest BCUT2D eigenvalue weighted by atomic mass is 10.1. The van der Waals surface area contributed by atoms with Crippen molar-refractivity contribution in [1.29, 1.82) is 0 Å². The highest BCUT2D eigenvalue weighted by molar-refractivity contribution is 5.42. The first kappa shape index (κ1) is 9.28. The van der Waals surface area contributed by atoms with Crippen molar-refractivity contribution >= 4 is 0 Å². The van der Waals surface area contributed by atoms with Gasteiger partial charge in [-0.1, -0.05) is 17.7 Å². The lowest BCUT2D eigenvalue weighted by molar-refractivity contribution is 0.220. The number of hydrogen-bond donors (Lipinski definition) is 1. The summed E-state index contributed by atoms with van der Waals surface area (Å²) in [4.78, 5) is 0. The van der Waals surface area contributed by atoms with E-state index in [0.29, 0.717) is 0 Å². The van der Waals surface area contributed by atoms with Gasteiger partial charge in [0.1, 0.15) is 11.9 Å². The van der Waals surface area contributed by atoms with Crippen LogP contribution in [0, 0.1) is 0 Å². The van der Waals surface area contributed by atoms with Gasteiger partial charge in [-0.2, -0.15) is 0 Å². The molecule has 0 saturated heterocycles. The van der Waals surface area contributed by atoms with Crippen molar-refractivity contribution in [1.82, 2.24) is 0 Å². The van der Waals surface area contributed by atoms with Crippen molar-refractivity contribution in [2.45, 2.75) is 19.4 Å². The van der Waals surface area contributed by atoms with Crippen molar-refractivity contribution < 1.29 is 9.84 Å². The third-order valence-electron chi connectivity index (χ3n) is 2.64. The third kappa shape index (κ3) is 1.66. The summed E-state index contributed by atoms with van der Waals surface area (Å²) in [5, 5.41) is 9.90. The van der Waals surface area contributed by atoms with Crippen molar-refractivity contribution in [2.24, 2.45) is 0 Å². The lowest BCUT2D eigenvalue weighted by Gasteiger charge is -2.07. The Balaban J connectivity index is 2.17. The maximum absolute atomic E-state index is 9.90. The Bertz CT molecular complexity index is 362. The van der Waals surface area contributed by atoms with Crippen molar-refractivity contribution in [3.05, 3.63) is 41.0 Å². The van der Waals surface area contributed by atoms with Gasteiger partial charge in [0, 0.05) is 0 Å². The van der Waals surface area contributed by atoms with Gasteiger partial charge in [-0.25, -0.2) is 0 Å². The minimum atomic E-state index is -0.416. The molecule has 0 saturated carbocycles. The van der Waals surface area contributed by atoms with Crippen LogP contribution in [0.4, 0.5) is 0 Å². The Kier molecular flexibility index (Phi) is 2.30. The summed E-state index contributed by atoms with van der Waals surface area (Å²) in [5.41, 5.74) is 3.42. The van der Waals surface area contributed by atoms with Gasteiger partial charge in [0.15, 0.2) is 0 Å². The van der Waals surface area contributed by atoms with Gasteiger partial charge in [-0.3, -0.25) is 0 Å². The van der Waals surface area contributed by atoms with Crippen LogP contribution in [0.15, 0.2) is 35.4 Å². The van der Waals surface area contributed by atoms with Gasteiger partial charge in [0.05, 0.1) is 7.11 Å². The molecule has 2 heteroatoms. The van der Waals surface area contributed by atoms with E-state index in [1.165, 1.54) is 5.57 Å². The van der Waals surface area contributed by atoms with E-state index < -0.39 is 6.10 Å². The standard InChI is InChI=1S/C12H14O2/c1-8-7-11(8)12(13)9-3-5-10(14-2)6-4-9/h3-6,12-13H,7H2,1-2H3. The molecule has 2 nitrogen and oxygen atoms in total. The first-order valence-electron chi connectivity index (χ1n) is 4.73. The molecule has 1 aliphatic carbocycles. The molecule has 0 bridgehead atoms. The summed E-state index contributed by atoms with van der Waals surface area (Å²) in [6, 6.07) is 7.55. The van der Waals surface area contributed by atoms with E-state index in [4.69, 9.17) is 4.74 Å². The fourth-order valence-corrected chi connectivity index (χ4v) is 1.56. The Morgan fingerprint density at radius 1 is 1.29 bits per heavy atom. The minimum Gasteiger partial charge on any atom is -0.497 e. The number of aliphatic hydroxyl groups excluding tert-OH is 1. The third-order valence-corrected chi connectivity index (χ3v) is 2.64. The average Bonchev–Trinajstić information content (AvgIpc) is 2.95. The molecule has 0 aromatic heterocycles. The lowest BCUT2D eigenvalue weighted by Crippen LogP contribution is -1.94. The molecule has 0 spiro atoms. The minimum absolute atomic E-state index is 0.416. The molecule has 0 heterocycles. The maximum atomic E-state index is 9.90. The molecule has 1 N–H and O–H groups in total. The van der Waals surface area contributed by atoms with Crippen LogP contribution >= 0.6 is 0 Å². The molecular weight excluding hydrogens is 176 g/mol. The van der Waals surface area contributed by atoms with E-state index in [1.807, 2.05) is 24.3 Å². The van der Waals surface area contributed by atoms with Gasteiger partial charge < -0.3 is 9.84 Å². The molecule has 14 heavy (non-hydrogen) atoms. The first-order chi connectivity index (χ1) is 6.72. The topological polar surface area (TPSA) is 29.5 Å². The quantitative estimate of drug-likeness (QED) is 0.742. The van der Waals surface area contributed by atoms with Crippen LogP contribution in [-0.2, 0) is 0 Å². The van der Waals surface area contributed by atoms with Crippen LogP contribution in [0.3, 0.4) is 0 Å². The van der Waals surface area contributed by atoms with Gasteiger partial charge >= 0.3 is 0 Å². The Hall–Kier alpha value is -1.28. The predicted octanol–water partition coefficient (Wildman–Crippen LogP) is 2.45. The van der Waals surface area contributed by atoms with Crippen LogP contribution in [0.2, 0.25) is 0 Å². The fraction of sp³-hybridized carbons (Fsp3) is 0.333. The number of benzene rings is 1. The van der Waals surface area contributed by atoms with E-state index in [9.17, 15) is 5.11 Å². The molecule has 1 unspecified atom stereocenters. The fourth-order valence-electron chi connectivity index (χ4n) is 1.56. The van der Waals surface area contributed by atoms with Crippen LogP contribution in [0.5, 0.6) is 5.75 Å². The summed E-state index contributed by atoms with van der Waals surface area (Å²) >= 11 is 0. The highest BCUT2D eigenvalue weighted by atomic mass is 16.5. The van der Waals surface area contributed by atoms with E-state index >= 15 is 0 Å². The smallest absolute Gasteiger partial charge is 0.118 e. The average molecular weight is 190 g/mol. The van der Waals surface area contributed by atoms with Crippen LogP contribution in [0.1, 0.15) is 25.0 Å². The molecule has 0 aliphatic heterocycles. The summed E-state index contributed by atoms with van der Waals surface area (Å²) in [6.07, 6.45) is 0.564. The summed E-state index contributed by atoms with van der Waals surface area (Å²) in [5.74, 6) is 0.822. The molecule has 1 aliphatic rings. The van der Waals surface area contributed by atoms with Gasteiger partial charge in [0.25, 0.3) is 0 Å². The zero-order chi connectivity index (χ0) is 10.1. The molecule has 0 radical (unpaired) electrons. The Morgan fingerprint density at radius 3 is 2.29 bits per heavy atom. The molecule has 1 aromatic rings.